The molecular formula is C14H17N3O2S2. The van der Waals surface area contributed by atoms with E-state index < -0.39 is 10.0 Å². The van der Waals surface area contributed by atoms with Gasteiger partial charge in [0.1, 0.15) is 5.01 Å². The van der Waals surface area contributed by atoms with Gasteiger partial charge in [0.05, 0.1) is 10.9 Å². The summed E-state index contributed by atoms with van der Waals surface area (Å²) in [6, 6.07) is 4.90. The normalized spacial score (nSPS) is 15.5. The number of fused-ring (bicyclic) bond motifs is 1. The van der Waals surface area contributed by atoms with Crippen molar-refractivity contribution in [3.05, 3.63) is 39.8 Å². The quantitative estimate of drug-likeness (QED) is 0.907. The molecule has 2 N–H and O–H groups in total. The Hall–Kier alpha value is -1.44. The second-order valence-electron chi connectivity index (χ2n) is 5.17. The van der Waals surface area contributed by atoms with E-state index in [2.05, 4.69) is 15.0 Å². The van der Waals surface area contributed by atoms with Gasteiger partial charge in [-0.1, -0.05) is 6.07 Å². The van der Waals surface area contributed by atoms with Gasteiger partial charge in [-0.15, -0.1) is 11.3 Å². The average Bonchev–Trinajstić information content (AvgIpc) is 3.05. The summed E-state index contributed by atoms with van der Waals surface area (Å²) in [4.78, 5) is 4.61. The maximum Gasteiger partial charge on any atom is 0.241 e. The number of hydrogen-bond donors (Lipinski definition) is 2. The first-order valence-corrected chi connectivity index (χ1v) is 9.13. The molecular weight excluding hydrogens is 306 g/mol. The number of nitrogens with one attached hydrogen (secondary N) is 2. The molecule has 2 aromatic rings. The van der Waals surface area contributed by atoms with Crippen molar-refractivity contribution in [1.82, 2.24) is 9.71 Å². The van der Waals surface area contributed by atoms with E-state index in [-0.39, 0.29) is 10.9 Å². The van der Waals surface area contributed by atoms with Crippen molar-refractivity contribution < 1.29 is 8.42 Å². The maximum atomic E-state index is 12.5. The highest BCUT2D eigenvalue weighted by molar-refractivity contribution is 7.89. The molecule has 0 saturated carbocycles. The van der Waals surface area contributed by atoms with E-state index in [0.29, 0.717) is 0 Å². The van der Waals surface area contributed by atoms with Crippen LogP contribution in [0.1, 0.15) is 29.2 Å². The number of benzene rings is 1. The number of hydrogen-bond acceptors (Lipinski definition) is 5. The van der Waals surface area contributed by atoms with E-state index in [0.717, 1.165) is 34.9 Å². The summed E-state index contributed by atoms with van der Waals surface area (Å²) >= 11 is 1.46. The number of aryl methyl sites for hydroxylation is 1. The van der Waals surface area contributed by atoms with Crippen molar-refractivity contribution in [1.29, 1.82) is 0 Å². The van der Waals surface area contributed by atoms with Crippen molar-refractivity contribution >= 4 is 27.0 Å². The van der Waals surface area contributed by atoms with Crippen LogP contribution in [0.2, 0.25) is 0 Å². The van der Waals surface area contributed by atoms with Gasteiger partial charge in [-0.2, -0.15) is 0 Å². The molecule has 0 spiro atoms. The number of sulfonamides is 1. The summed E-state index contributed by atoms with van der Waals surface area (Å²) in [5, 5.41) is 5.89. The van der Waals surface area contributed by atoms with Crippen LogP contribution in [0.5, 0.6) is 0 Å². The summed E-state index contributed by atoms with van der Waals surface area (Å²) in [7, 11) is -3.54. The summed E-state index contributed by atoms with van der Waals surface area (Å²) in [6.45, 7) is 4.57. The molecule has 2 heterocycles. The molecule has 112 valence electrons. The van der Waals surface area contributed by atoms with Crippen LogP contribution in [0.4, 0.5) is 5.69 Å². The van der Waals surface area contributed by atoms with Crippen LogP contribution in [0.15, 0.2) is 28.5 Å². The molecule has 0 radical (unpaired) electrons. The van der Waals surface area contributed by atoms with Gasteiger partial charge >= 0.3 is 0 Å². The lowest BCUT2D eigenvalue weighted by Crippen LogP contribution is -2.26. The Bertz CT molecular complexity index is 768. The Morgan fingerprint density at radius 3 is 2.95 bits per heavy atom. The SMILES string of the molecule is Cc1csc(C(C)NS(=O)(=O)c2ccc3c(c2)NCC3)n1. The second kappa shape index (κ2) is 5.40. The summed E-state index contributed by atoms with van der Waals surface area (Å²) < 4.78 is 27.6. The van der Waals surface area contributed by atoms with Crippen molar-refractivity contribution in [2.75, 3.05) is 11.9 Å². The highest BCUT2D eigenvalue weighted by Gasteiger charge is 2.22. The minimum absolute atomic E-state index is 0.288. The molecule has 7 heteroatoms. The van der Waals surface area contributed by atoms with E-state index in [4.69, 9.17) is 0 Å². The van der Waals surface area contributed by atoms with Crippen molar-refractivity contribution in [3.8, 4) is 0 Å². The van der Waals surface area contributed by atoms with Gasteiger partial charge in [0, 0.05) is 23.3 Å². The molecule has 0 aliphatic carbocycles. The van der Waals surface area contributed by atoms with E-state index >= 15 is 0 Å². The molecule has 5 nitrogen and oxygen atoms in total. The molecule has 0 fully saturated rings. The minimum Gasteiger partial charge on any atom is -0.384 e. The molecule has 0 bridgehead atoms. The van der Waals surface area contributed by atoms with Crippen molar-refractivity contribution in [3.63, 3.8) is 0 Å². The predicted octanol–water partition coefficient (Wildman–Crippen LogP) is 2.46. The fourth-order valence-electron chi connectivity index (χ4n) is 2.36. The zero-order chi connectivity index (χ0) is 15.0. The van der Waals surface area contributed by atoms with Gasteiger partial charge in [0.15, 0.2) is 0 Å². The van der Waals surface area contributed by atoms with Crippen LogP contribution in [0.3, 0.4) is 0 Å². The minimum atomic E-state index is -3.54. The zero-order valence-corrected chi connectivity index (χ0v) is 13.5. The van der Waals surface area contributed by atoms with E-state index in [9.17, 15) is 8.42 Å². The number of aromatic nitrogens is 1. The van der Waals surface area contributed by atoms with Gasteiger partial charge in [-0.25, -0.2) is 18.1 Å². The van der Waals surface area contributed by atoms with Crippen LogP contribution < -0.4 is 10.0 Å². The maximum absolute atomic E-state index is 12.5. The van der Waals surface area contributed by atoms with Crippen molar-refractivity contribution in [2.24, 2.45) is 0 Å². The zero-order valence-electron chi connectivity index (χ0n) is 11.9. The fraction of sp³-hybridized carbons (Fsp3) is 0.357. The largest absolute Gasteiger partial charge is 0.384 e. The third-order valence-corrected chi connectivity index (χ3v) is 6.12. The van der Waals surface area contributed by atoms with Gasteiger partial charge < -0.3 is 5.32 Å². The van der Waals surface area contributed by atoms with Crippen LogP contribution in [-0.4, -0.2) is 19.9 Å². The molecule has 1 unspecified atom stereocenters. The number of thiazole rings is 1. The van der Waals surface area contributed by atoms with Crippen molar-refractivity contribution in [2.45, 2.75) is 31.2 Å². The Kier molecular flexibility index (Phi) is 3.73. The Morgan fingerprint density at radius 2 is 2.24 bits per heavy atom. The van der Waals surface area contributed by atoms with Gasteiger partial charge in [-0.05, 0) is 38.0 Å². The Balaban J connectivity index is 1.83. The standard InChI is InChI=1S/C14H17N3O2S2/c1-9-8-20-14(16-9)10(2)17-21(18,19)12-4-3-11-5-6-15-13(11)7-12/h3-4,7-8,10,15,17H,5-6H2,1-2H3. The molecule has 0 amide bonds. The number of rotatable bonds is 4. The van der Waals surface area contributed by atoms with Gasteiger partial charge in [-0.3, -0.25) is 0 Å². The number of nitrogens with zero attached hydrogens (tertiary/aromatic N) is 1. The molecule has 0 saturated heterocycles. The van der Waals surface area contributed by atoms with E-state index in [1.807, 2.05) is 18.4 Å². The lowest BCUT2D eigenvalue weighted by Gasteiger charge is -2.13. The molecule has 3 rings (SSSR count). The molecule has 1 atom stereocenters. The summed E-state index contributed by atoms with van der Waals surface area (Å²) in [5.41, 5.74) is 2.98. The third kappa shape index (κ3) is 2.95. The van der Waals surface area contributed by atoms with Crippen LogP contribution in [-0.2, 0) is 16.4 Å². The third-order valence-electron chi connectivity index (χ3n) is 3.44. The molecule has 1 aromatic heterocycles. The molecule has 1 aliphatic heterocycles. The summed E-state index contributed by atoms with van der Waals surface area (Å²) in [6.07, 6.45) is 0.942. The molecule has 21 heavy (non-hydrogen) atoms. The Morgan fingerprint density at radius 1 is 1.43 bits per heavy atom. The van der Waals surface area contributed by atoms with Crippen LogP contribution >= 0.6 is 11.3 Å². The first-order valence-electron chi connectivity index (χ1n) is 6.77. The fourth-order valence-corrected chi connectivity index (χ4v) is 4.47. The van der Waals surface area contributed by atoms with Gasteiger partial charge in [0.25, 0.3) is 0 Å². The highest BCUT2D eigenvalue weighted by atomic mass is 32.2. The summed E-state index contributed by atoms with van der Waals surface area (Å²) in [5.74, 6) is 0. The first kappa shape index (κ1) is 14.5. The Labute approximate surface area is 128 Å². The van der Waals surface area contributed by atoms with Crippen LogP contribution in [0, 0.1) is 6.92 Å². The molecule has 1 aromatic carbocycles. The average molecular weight is 323 g/mol. The molecule has 1 aliphatic rings. The monoisotopic (exact) mass is 323 g/mol. The van der Waals surface area contributed by atoms with E-state index in [1.54, 1.807) is 19.1 Å². The lowest BCUT2D eigenvalue weighted by molar-refractivity contribution is 0.566. The van der Waals surface area contributed by atoms with E-state index in [1.165, 1.54) is 11.3 Å². The first-order chi connectivity index (χ1) is 9.95. The smallest absolute Gasteiger partial charge is 0.241 e. The number of anilines is 1. The lowest BCUT2D eigenvalue weighted by atomic mass is 10.2. The predicted molar refractivity (Wildman–Crippen MR) is 84.2 cm³/mol. The second-order valence-corrected chi connectivity index (χ2v) is 7.77. The topological polar surface area (TPSA) is 71.1 Å². The van der Waals surface area contributed by atoms with Gasteiger partial charge in [0.2, 0.25) is 10.0 Å². The van der Waals surface area contributed by atoms with Crippen LogP contribution in [0.25, 0.3) is 0 Å². The highest BCUT2D eigenvalue weighted by Crippen LogP contribution is 2.26.